The van der Waals surface area contributed by atoms with Crippen LogP contribution in [0.2, 0.25) is 0 Å². The molecule has 1 N–H and O–H groups in total. The molecule has 0 saturated carbocycles. The lowest BCUT2D eigenvalue weighted by molar-refractivity contribution is 0.0211. The summed E-state index contributed by atoms with van der Waals surface area (Å²) < 4.78 is 5.91. The van der Waals surface area contributed by atoms with Gasteiger partial charge in [-0.05, 0) is 39.3 Å². The van der Waals surface area contributed by atoms with Crippen LogP contribution in [0.3, 0.4) is 0 Å². The van der Waals surface area contributed by atoms with Gasteiger partial charge in [0.05, 0.1) is 12.7 Å². The fourth-order valence-electron chi connectivity index (χ4n) is 2.33. The van der Waals surface area contributed by atoms with Crippen molar-refractivity contribution in [2.75, 3.05) is 39.3 Å². The van der Waals surface area contributed by atoms with E-state index in [0.717, 1.165) is 32.8 Å². The minimum absolute atomic E-state index is 0.503. The van der Waals surface area contributed by atoms with Crippen LogP contribution in [-0.4, -0.2) is 50.3 Å². The molecule has 0 aromatic heterocycles. The predicted octanol–water partition coefficient (Wildman–Crippen LogP) is 1.41. The van der Waals surface area contributed by atoms with Crippen LogP contribution in [0.25, 0.3) is 0 Å². The molecule has 1 saturated heterocycles. The van der Waals surface area contributed by atoms with Crippen LogP contribution in [0.4, 0.5) is 0 Å². The van der Waals surface area contributed by atoms with Crippen LogP contribution in [0, 0.1) is 0 Å². The number of nitrogens with one attached hydrogen (secondary N) is 1. The van der Waals surface area contributed by atoms with Gasteiger partial charge in [-0.2, -0.15) is 0 Å². The fourth-order valence-corrected chi connectivity index (χ4v) is 2.33. The minimum Gasteiger partial charge on any atom is -0.377 e. The first-order valence-corrected chi connectivity index (χ1v) is 6.55. The van der Waals surface area contributed by atoms with Gasteiger partial charge in [0.1, 0.15) is 0 Å². The number of ether oxygens (including phenoxy) is 1. The monoisotopic (exact) mass is 224 g/mol. The molecular weight excluding hydrogens is 200 g/mol. The summed E-state index contributed by atoms with van der Waals surface area (Å²) in [4.78, 5) is 2.48. The summed E-state index contributed by atoms with van der Waals surface area (Å²) in [7, 11) is 0. The summed E-state index contributed by atoms with van der Waals surface area (Å²) in [5.74, 6) is 0. The molecule has 0 spiro atoms. The van der Waals surface area contributed by atoms with Crippen molar-refractivity contribution in [3.05, 3.63) is 11.6 Å². The predicted molar refractivity (Wildman–Crippen MR) is 66.7 cm³/mol. The van der Waals surface area contributed by atoms with Gasteiger partial charge >= 0.3 is 0 Å². The second-order valence-electron chi connectivity index (χ2n) is 4.92. The molecule has 0 bridgehead atoms. The molecule has 2 aliphatic heterocycles. The number of rotatable bonds is 4. The first-order chi connectivity index (χ1) is 7.84. The summed E-state index contributed by atoms with van der Waals surface area (Å²) in [6, 6.07) is 0. The summed E-state index contributed by atoms with van der Waals surface area (Å²) in [6.45, 7) is 8.78. The van der Waals surface area contributed by atoms with Crippen LogP contribution in [-0.2, 0) is 4.74 Å². The highest BCUT2D eigenvalue weighted by Crippen LogP contribution is 2.10. The van der Waals surface area contributed by atoms with Crippen LogP contribution >= 0.6 is 0 Å². The van der Waals surface area contributed by atoms with Gasteiger partial charge in [0.2, 0.25) is 0 Å². The maximum absolute atomic E-state index is 5.91. The van der Waals surface area contributed by atoms with E-state index in [2.05, 4.69) is 23.2 Å². The molecule has 2 rings (SSSR count). The first-order valence-electron chi connectivity index (χ1n) is 6.55. The third kappa shape index (κ3) is 3.89. The zero-order valence-corrected chi connectivity index (χ0v) is 10.4. The Balaban J connectivity index is 1.57. The van der Waals surface area contributed by atoms with Gasteiger partial charge < -0.3 is 10.1 Å². The second-order valence-corrected chi connectivity index (χ2v) is 4.92. The smallest absolute Gasteiger partial charge is 0.0600 e. The lowest BCUT2D eigenvalue weighted by atomic mass is 10.1. The molecule has 0 amide bonds. The molecule has 0 aliphatic carbocycles. The van der Waals surface area contributed by atoms with Gasteiger partial charge in [0.15, 0.2) is 0 Å². The third-order valence-electron chi connectivity index (χ3n) is 3.57. The van der Waals surface area contributed by atoms with E-state index >= 15 is 0 Å². The third-order valence-corrected chi connectivity index (χ3v) is 3.57. The Morgan fingerprint density at radius 1 is 1.44 bits per heavy atom. The molecule has 0 unspecified atom stereocenters. The molecule has 1 fully saturated rings. The zero-order chi connectivity index (χ0) is 11.2. The molecule has 3 heteroatoms. The van der Waals surface area contributed by atoms with Crippen molar-refractivity contribution in [2.24, 2.45) is 0 Å². The van der Waals surface area contributed by atoms with Gasteiger partial charge in [0.25, 0.3) is 0 Å². The molecule has 2 heterocycles. The van der Waals surface area contributed by atoms with Gasteiger partial charge in [0, 0.05) is 19.6 Å². The normalized spacial score (nSPS) is 24.4. The van der Waals surface area contributed by atoms with E-state index in [1.54, 1.807) is 0 Å². The van der Waals surface area contributed by atoms with Crippen LogP contribution in [0.1, 0.15) is 26.2 Å². The fraction of sp³-hybridized carbons (Fsp3) is 0.846. The molecule has 16 heavy (non-hydrogen) atoms. The molecular formula is C13H24N2O. The van der Waals surface area contributed by atoms with E-state index < -0.39 is 0 Å². The first kappa shape index (κ1) is 12.1. The van der Waals surface area contributed by atoms with Crippen molar-refractivity contribution in [3.63, 3.8) is 0 Å². The van der Waals surface area contributed by atoms with Crippen LogP contribution in [0.15, 0.2) is 11.6 Å². The Kier molecular flexibility index (Phi) is 4.82. The SMILES string of the molecule is CC1=CCN(CCOC2CCNCC2)CC1. The van der Waals surface area contributed by atoms with E-state index in [4.69, 9.17) is 4.74 Å². The number of piperidine rings is 1. The second kappa shape index (κ2) is 6.38. The number of hydrogen-bond donors (Lipinski definition) is 1. The lowest BCUT2D eigenvalue weighted by Crippen LogP contribution is -2.36. The van der Waals surface area contributed by atoms with Crippen LogP contribution < -0.4 is 5.32 Å². The van der Waals surface area contributed by atoms with Crippen molar-refractivity contribution in [2.45, 2.75) is 32.3 Å². The van der Waals surface area contributed by atoms with E-state index in [0.29, 0.717) is 6.10 Å². The largest absolute Gasteiger partial charge is 0.377 e. The van der Waals surface area contributed by atoms with Gasteiger partial charge in [-0.3, -0.25) is 4.90 Å². The summed E-state index contributed by atoms with van der Waals surface area (Å²) in [5.41, 5.74) is 1.54. The highest BCUT2D eigenvalue weighted by atomic mass is 16.5. The van der Waals surface area contributed by atoms with Crippen molar-refractivity contribution in [1.82, 2.24) is 10.2 Å². The van der Waals surface area contributed by atoms with Crippen molar-refractivity contribution < 1.29 is 4.74 Å². The Bertz CT molecular complexity index is 234. The molecule has 3 nitrogen and oxygen atoms in total. The summed E-state index contributed by atoms with van der Waals surface area (Å²) in [6.07, 6.45) is 6.43. The quantitative estimate of drug-likeness (QED) is 0.731. The summed E-state index contributed by atoms with van der Waals surface area (Å²) in [5, 5.41) is 3.36. The highest BCUT2D eigenvalue weighted by molar-refractivity contribution is 5.03. The molecule has 0 radical (unpaired) electrons. The maximum atomic E-state index is 5.91. The van der Waals surface area contributed by atoms with Crippen molar-refractivity contribution >= 4 is 0 Å². The lowest BCUT2D eigenvalue weighted by Gasteiger charge is -2.27. The highest BCUT2D eigenvalue weighted by Gasteiger charge is 2.14. The van der Waals surface area contributed by atoms with Crippen LogP contribution in [0.5, 0.6) is 0 Å². The Morgan fingerprint density at radius 2 is 2.25 bits per heavy atom. The molecule has 2 aliphatic rings. The minimum atomic E-state index is 0.503. The molecule has 92 valence electrons. The van der Waals surface area contributed by atoms with Gasteiger partial charge in [-0.25, -0.2) is 0 Å². The summed E-state index contributed by atoms with van der Waals surface area (Å²) >= 11 is 0. The van der Waals surface area contributed by atoms with Gasteiger partial charge in [-0.1, -0.05) is 11.6 Å². The molecule has 0 aromatic rings. The number of hydrogen-bond acceptors (Lipinski definition) is 3. The van der Waals surface area contributed by atoms with E-state index in [-0.39, 0.29) is 0 Å². The topological polar surface area (TPSA) is 24.5 Å². The Hall–Kier alpha value is -0.380. The maximum Gasteiger partial charge on any atom is 0.0600 e. The Morgan fingerprint density at radius 3 is 2.94 bits per heavy atom. The van der Waals surface area contributed by atoms with Crippen molar-refractivity contribution in [1.29, 1.82) is 0 Å². The standard InChI is InChI=1S/C13H24N2O/c1-12-4-8-15(9-5-12)10-11-16-13-2-6-14-7-3-13/h4,13-14H,2-3,5-11H2,1H3. The van der Waals surface area contributed by atoms with Gasteiger partial charge in [-0.15, -0.1) is 0 Å². The van der Waals surface area contributed by atoms with Crippen molar-refractivity contribution in [3.8, 4) is 0 Å². The van der Waals surface area contributed by atoms with E-state index in [9.17, 15) is 0 Å². The van der Waals surface area contributed by atoms with E-state index in [1.807, 2.05) is 0 Å². The number of nitrogens with zero attached hydrogens (tertiary/aromatic N) is 1. The molecule has 0 atom stereocenters. The average Bonchev–Trinajstić information content (AvgIpc) is 2.33. The zero-order valence-electron chi connectivity index (χ0n) is 10.4. The van der Waals surface area contributed by atoms with E-state index in [1.165, 1.54) is 31.4 Å². The molecule has 0 aromatic carbocycles. The average molecular weight is 224 g/mol. The Labute approximate surface area is 98.8 Å².